The second-order valence-electron chi connectivity index (χ2n) is 26.6. The van der Waals surface area contributed by atoms with Gasteiger partial charge in [-0.1, -0.05) is 30.3 Å². The number of nitrogens with zero attached hydrogens (tertiary/aromatic N) is 8. The Morgan fingerprint density at radius 2 is 0.916 bits per heavy atom. The van der Waals surface area contributed by atoms with Crippen LogP contribution >= 0.6 is 0 Å². The summed E-state index contributed by atoms with van der Waals surface area (Å²) in [6.45, 7) is 5.70. The van der Waals surface area contributed by atoms with Gasteiger partial charge in [-0.2, -0.15) is 4.98 Å². The molecule has 3 aliphatic carbocycles. The Morgan fingerprint density at radius 3 is 1.39 bits per heavy atom. The first kappa shape index (κ1) is 62.9. The zero-order valence-corrected chi connectivity index (χ0v) is 54.1. The van der Waals surface area contributed by atoms with E-state index in [0.717, 1.165) is 145 Å². The molecule has 0 atom stereocenters. The van der Waals surface area contributed by atoms with Gasteiger partial charge in [0.25, 0.3) is 11.1 Å². The van der Waals surface area contributed by atoms with Crippen LogP contribution in [0.2, 0.25) is 0 Å². The number of aromatic amines is 2. The Bertz CT molecular complexity index is 4220. The van der Waals surface area contributed by atoms with Crippen molar-refractivity contribution >= 4 is 35.8 Å². The number of piperidine rings is 3. The third-order valence-corrected chi connectivity index (χ3v) is 20.4. The fourth-order valence-electron chi connectivity index (χ4n) is 15.1. The summed E-state index contributed by atoms with van der Waals surface area (Å²) >= 11 is 0. The summed E-state index contributed by atoms with van der Waals surface area (Å²) in [7, 11) is 5.65. The van der Waals surface area contributed by atoms with E-state index in [0.29, 0.717) is 137 Å². The normalized spacial score (nSPS) is 19.0. The molecule has 496 valence electrons. The molecule has 7 aromatic rings. The predicted molar refractivity (Wildman–Crippen MR) is 351 cm³/mol. The average molecular weight is 1290 g/mol. The number of carbonyl (C=O) groups is 3. The van der Waals surface area contributed by atoms with Crippen molar-refractivity contribution in [2.45, 2.75) is 139 Å². The molecule has 0 radical (unpaired) electrons. The molecule has 3 spiro atoms. The van der Waals surface area contributed by atoms with E-state index in [9.17, 15) is 34.2 Å². The topological polar surface area (TPSA) is 277 Å². The van der Waals surface area contributed by atoms with Crippen molar-refractivity contribution in [2.75, 3.05) is 88.3 Å². The molecule has 3 fully saturated rings. The quantitative estimate of drug-likeness (QED) is 0.0697. The molecule has 95 heavy (non-hydrogen) atoms. The third kappa shape index (κ3) is 12.5. The van der Waals surface area contributed by atoms with Crippen LogP contribution in [0, 0.1) is 0 Å². The minimum atomic E-state index is -0.654. The molecule has 23 heteroatoms. The summed E-state index contributed by atoms with van der Waals surface area (Å²) in [6.07, 6.45) is 15.5. The first-order valence-electron chi connectivity index (χ1n) is 33.5. The number of aryl methyl sites for hydroxylation is 3. The molecule has 0 saturated carbocycles. The van der Waals surface area contributed by atoms with E-state index < -0.39 is 16.8 Å². The van der Waals surface area contributed by atoms with Crippen LogP contribution in [0.5, 0.6) is 28.9 Å². The molecule has 3 saturated heterocycles. The number of anilines is 3. The highest BCUT2D eigenvalue weighted by atomic mass is 16.6. The predicted octanol–water partition coefficient (Wildman–Crippen LogP) is 8.59. The number of rotatable bonds is 11. The van der Waals surface area contributed by atoms with Crippen LogP contribution < -0.4 is 40.0 Å². The molecular weight excluding hydrogens is 1210 g/mol. The molecule has 0 amide bonds. The van der Waals surface area contributed by atoms with E-state index >= 15 is 0 Å². The SMILES string of the molecule is CN(C)CCOc1ccc2c(c1)C(=O)OC21CCN(c2nc3c(c(=O)[nH]2)CCCC3)CC1.COc1ccc(COc2nc(N3CCC4(CC3)OC(=O)c3cc(O)ccc34)nc3c2CCCC3)cc1.O=C1OC2(CCN(c3nc4c(c(=O)[nH]3)CCCC4)CC2)c2ccc(O)cc21. The maximum atomic E-state index is 12.7. The van der Waals surface area contributed by atoms with Crippen molar-refractivity contribution in [3.05, 3.63) is 172 Å². The molecule has 9 heterocycles. The number of methoxy groups -OCH3 is 1. The van der Waals surface area contributed by atoms with Gasteiger partial charge in [0.15, 0.2) is 0 Å². The molecule has 6 aliphatic heterocycles. The van der Waals surface area contributed by atoms with Gasteiger partial charge in [-0.05, 0) is 145 Å². The highest BCUT2D eigenvalue weighted by Gasteiger charge is 2.51. The molecule has 4 N–H and O–H groups in total. The van der Waals surface area contributed by atoms with Gasteiger partial charge >= 0.3 is 17.9 Å². The number of H-pyrrole nitrogens is 2. The van der Waals surface area contributed by atoms with Gasteiger partial charge in [0, 0.05) is 118 Å². The molecule has 4 aromatic carbocycles. The monoisotopic (exact) mass is 1290 g/mol. The van der Waals surface area contributed by atoms with E-state index in [4.69, 9.17) is 48.4 Å². The number of hydrogen-bond acceptors (Lipinski definition) is 21. The number of benzene rings is 4. The smallest absolute Gasteiger partial charge is 0.339 e. The Morgan fingerprint density at radius 1 is 0.495 bits per heavy atom. The number of fused-ring (bicyclic) bond motifs is 9. The van der Waals surface area contributed by atoms with Crippen molar-refractivity contribution in [3.8, 4) is 28.9 Å². The summed E-state index contributed by atoms with van der Waals surface area (Å²) in [5.41, 5.74) is 8.98. The summed E-state index contributed by atoms with van der Waals surface area (Å²) in [4.78, 5) is 95.9. The molecule has 3 aromatic heterocycles. The van der Waals surface area contributed by atoms with Gasteiger partial charge in [-0.3, -0.25) is 19.6 Å². The molecular formula is C72H80N10O13. The lowest BCUT2D eigenvalue weighted by atomic mass is 9.84. The van der Waals surface area contributed by atoms with Crippen LogP contribution in [0.3, 0.4) is 0 Å². The highest BCUT2D eigenvalue weighted by molar-refractivity contribution is 5.96. The third-order valence-electron chi connectivity index (χ3n) is 20.4. The summed E-state index contributed by atoms with van der Waals surface area (Å²) in [5.74, 6) is 3.20. The van der Waals surface area contributed by atoms with Crippen LogP contribution in [-0.2, 0) is 76.1 Å². The van der Waals surface area contributed by atoms with E-state index in [2.05, 4.69) is 29.6 Å². The van der Waals surface area contributed by atoms with Crippen LogP contribution in [-0.4, -0.2) is 137 Å². The Hall–Kier alpha value is -9.51. The summed E-state index contributed by atoms with van der Waals surface area (Å²) < 4.78 is 34.8. The number of esters is 3. The van der Waals surface area contributed by atoms with Crippen molar-refractivity contribution in [2.24, 2.45) is 0 Å². The minimum absolute atomic E-state index is 0.00979. The Balaban J connectivity index is 0.000000124. The van der Waals surface area contributed by atoms with Gasteiger partial charge in [0.2, 0.25) is 23.7 Å². The van der Waals surface area contributed by atoms with E-state index in [1.54, 1.807) is 31.4 Å². The van der Waals surface area contributed by atoms with Gasteiger partial charge in [0.1, 0.15) is 53.0 Å². The van der Waals surface area contributed by atoms with Crippen LogP contribution in [0.25, 0.3) is 0 Å². The van der Waals surface area contributed by atoms with E-state index in [-0.39, 0.29) is 40.5 Å². The fourth-order valence-corrected chi connectivity index (χ4v) is 15.1. The number of ether oxygens (including phenoxy) is 6. The molecule has 0 unspecified atom stereocenters. The lowest BCUT2D eigenvalue weighted by molar-refractivity contribution is -0.0220. The number of hydrogen-bond donors (Lipinski definition) is 4. The standard InChI is InChI=1S/C28H29N3O5.C24H30N4O4.C20H21N3O4/c1-34-20-9-6-18(7-10-20)17-35-25-21-4-2-3-5-24(21)29-27(30-25)31-14-12-28(13-15-31)23-11-8-19(32)16-22(23)26(33)36-28;1-27(2)13-14-31-16-7-8-19-18(15-16)22(30)32-24(19)9-11-28(12-10-24)23-25-20-6-4-3-5-17(20)21(29)26-23;24-12-5-6-15-14(11-12)18(26)27-20(15)7-9-23(10-8-20)19-21-16-4-2-1-3-13(16)17(25)22-19/h6-11,16,32H,2-5,12-15,17H2,1H3;7-8,15H,3-6,9-14H2,1-2H3,(H,25,26,29);5-6,11,24H,1-4,7-10H2,(H,21,22,25). The van der Waals surface area contributed by atoms with Crippen molar-refractivity contribution in [3.63, 3.8) is 0 Å². The van der Waals surface area contributed by atoms with Gasteiger partial charge < -0.3 is 58.2 Å². The maximum absolute atomic E-state index is 12.7. The summed E-state index contributed by atoms with van der Waals surface area (Å²) in [5, 5.41) is 19.5. The number of likely N-dealkylation sites (N-methyl/N-ethyl adjacent to an activating group) is 1. The van der Waals surface area contributed by atoms with Crippen LogP contribution in [0.15, 0.2) is 88.5 Å². The zero-order chi connectivity index (χ0) is 65.6. The average Bonchev–Trinajstić information content (AvgIpc) is 1.64. The number of aromatic hydroxyl groups is 2. The van der Waals surface area contributed by atoms with Gasteiger partial charge in [0.05, 0.1) is 40.9 Å². The van der Waals surface area contributed by atoms with Crippen molar-refractivity contribution < 1.29 is 53.0 Å². The van der Waals surface area contributed by atoms with Crippen LogP contribution in [0.1, 0.15) is 164 Å². The summed E-state index contributed by atoms with van der Waals surface area (Å²) in [6, 6.07) is 23.3. The second kappa shape index (κ2) is 26.0. The zero-order valence-electron chi connectivity index (χ0n) is 54.1. The number of phenols is 2. The first-order chi connectivity index (χ1) is 46.0. The van der Waals surface area contributed by atoms with Crippen molar-refractivity contribution in [1.82, 2.24) is 34.8 Å². The molecule has 23 nitrogen and oxygen atoms in total. The number of carbonyl (C=O) groups excluding carboxylic acids is 3. The lowest BCUT2D eigenvalue weighted by Crippen LogP contribution is -2.44. The van der Waals surface area contributed by atoms with Gasteiger partial charge in [-0.25, -0.2) is 29.3 Å². The minimum Gasteiger partial charge on any atom is -0.508 e. The van der Waals surface area contributed by atoms with Crippen molar-refractivity contribution in [1.29, 1.82) is 0 Å². The lowest BCUT2D eigenvalue weighted by Gasteiger charge is -2.39. The largest absolute Gasteiger partial charge is 0.508 e. The second-order valence-corrected chi connectivity index (χ2v) is 26.6. The molecule has 0 bridgehead atoms. The maximum Gasteiger partial charge on any atom is 0.339 e. The van der Waals surface area contributed by atoms with E-state index in [1.807, 2.05) is 56.6 Å². The van der Waals surface area contributed by atoms with Gasteiger partial charge in [-0.15, -0.1) is 0 Å². The first-order valence-corrected chi connectivity index (χ1v) is 33.5. The van der Waals surface area contributed by atoms with Crippen LogP contribution in [0.4, 0.5) is 17.8 Å². The number of aromatic nitrogens is 6. The Labute approximate surface area is 549 Å². The number of nitrogens with one attached hydrogen (secondary N) is 2. The highest BCUT2D eigenvalue weighted by Crippen LogP contribution is 2.49. The van der Waals surface area contributed by atoms with E-state index in [1.165, 1.54) is 12.1 Å². The number of phenolic OH excluding ortho intramolecular Hbond substituents is 2. The molecule has 16 rings (SSSR count). The Kier molecular flexibility index (Phi) is 17.2. The molecule has 9 aliphatic rings. The fraction of sp³-hybridized carbons (Fsp3) is 0.458.